The molecule has 2 aliphatic heterocycles. The van der Waals surface area contributed by atoms with Crippen molar-refractivity contribution in [2.75, 3.05) is 20.2 Å². The number of ether oxygens (including phenoxy) is 1. The summed E-state index contributed by atoms with van der Waals surface area (Å²) in [5, 5.41) is 6.07. The number of hydrogen-bond acceptors (Lipinski definition) is 5. The van der Waals surface area contributed by atoms with Crippen LogP contribution in [0, 0.1) is 0 Å². The van der Waals surface area contributed by atoms with Crippen molar-refractivity contribution in [2.24, 2.45) is 5.10 Å². The number of amides is 4. The summed E-state index contributed by atoms with van der Waals surface area (Å²) in [6.45, 7) is 3.99. The van der Waals surface area contributed by atoms with Gasteiger partial charge in [-0.1, -0.05) is 49.4 Å². The third kappa shape index (κ3) is 4.66. The zero-order valence-electron chi connectivity index (χ0n) is 19.8. The molecule has 2 aromatic rings. The smallest absolute Gasteiger partial charge is 0.327 e. The van der Waals surface area contributed by atoms with Crippen LogP contribution in [0.5, 0.6) is 5.75 Å². The zero-order chi connectivity index (χ0) is 24.2. The van der Waals surface area contributed by atoms with Crippen LogP contribution < -0.4 is 4.74 Å². The van der Waals surface area contributed by atoms with E-state index >= 15 is 0 Å². The summed E-state index contributed by atoms with van der Waals surface area (Å²) in [6.07, 6.45) is 1.52. The second-order valence-corrected chi connectivity index (χ2v) is 8.61. The van der Waals surface area contributed by atoms with Gasteiger partial charge in [0.15, 0.2) is 0 Å². The van der Waals surface area contributed by atoms with Crippen molar-refractivity contribution in [3.05, 3.63) is 65.7 Å². The van der Waals surface area contributed by atoms with Crippen LogP contribution in [-0.2, 0) is 9.59 Å². The van der Waals surface area contributed by atoms with Gasteiger partial charge >= 0.3 is 6.03 Å². The number of imide groups is 1. The minimum Gasteiger partial charge on any atom is -0.497 e. The molecule has 1 saturated heterocycles. The topological polar surface area (TPSA) is 82.5 Å². The molecule has 2 atom stereocenters. The van der Waals surface area contributed by atoms with Crippen LogP contribution in [0.1, 0.15) is 50.3 Å². The zero-order valence-corrected chi connectivity index (χ0v) is 19.8. The van der Waals surface area contributed by atoms with Crippen molar-refractivity contribution in [2.45, 2.75) is 45.2 Å². The molecule has 34 heavy (non-hydrogen) atoms. The molecule has 2 aliphatic rings. The Labute approximate surface area is 199 Å². The highest BCUT2D eigenvalue weighted by atomic mass is 16.5. The molecule has 4 rings (SSSR count). The van der Waals surface area contributed by atoms with Crippen LogP contribution in [0.15, 0.2) is 59.7 Å². The van der Waals surface area contributed by atoms with Gasteiger partial charge in [0, 0.05) is 25.4 Å². The molecule has 2 aromatic carbocycles. The van der Waals surface area contributed by atoms with Gasteiger partial charge in [-0.05, 0) is 36.6 Å². The van der Waals surface area contributed by atoms with Gasteiger partial charge in [-0.2, -0.15) is 5.10 Å². The molecule has 0 unspecified atom stereocenters. The molecular weight excluding hydrogens is 432 g/mol. The number of urea groups is 1. The standard InChI is InChI=1S/C26H30N4O4/c1-4-18(2)28-15-14-24(31)29(26(28)33)17-25(32)30-23(20-10-12-21(34-3)13-11-20)16-22(27-30)19-8-6-5-7-9-19/h5-13,18,23H,4,14-17H2,1-3H3/t18-,23-/m0/s1. The quantitative estimate of drug-likeness (QED) is 0.626. The number of carbonyl (C=O) groups excluding carboxylic acids is 3. The fourth-order valence-electron chi connectivity index (χ4n) is 4.33. The summed E-state index contributed by atoms with van der Waals surface area (Å²) < 4.78 is 5.26. The summed E-state index contributed by atoms with van der Waals surface area (Å²) >= 11 is 0. The highest BCUT2D eigenvalue weighted by Gasteiger charge is 2.39. The predicted octanol–water partition coefficient (Wildman–Crippen LogP) is 3.83. The molecule has 0 aromatic heterocycles. The molecule has 0 radical (unpaired) electrons. The van der Waals surface area contributed by atoms with Crippen LogP contribution in [0.25, 0.3) is 0 Å². The van der Waals surface area contributed by atoms with Crippen LogP contribution in [0.3, 0.4) is 0 Å². The lowest BCUT2D eigenvalue weighted by Crippen LogP contribution is -2.57. The Balaban J connectivity index is 1.60. The first-order valence-electron chi connectivity index (χ1n) is 11.6. The monoisotopic (exact) mass is 462 g/mol. The van der Waals surface area contributed by atoms with Crippen LogP contribution >= 0.6 is 0 Å². The van der Waals surface area contributed by atoms with Crippen molar-refractivity contribution >= 4 is 23.6 Å². The van der Waals surface area contributed by atoms with E-state index < -0.39 is 6.03 Å². The van der Waals surface area contributed by atoms with E-state index in [1.165, 1.54) is 5.01 Å². The number of carbonyl (C=O) groups is 3. The lowest BCUT2D eigenvalue weighted by molar-refractivity contribution is -0.141. The van der Waals surface area contributed by atoms with Crippen molar-refractivity contribution in [3.8, 4) is 5.75 Å². The van der Waals surface area contributed by atoms with Gasteiger partial charge in [0.2, 0.25) is 5.91 Å². The third-order valence-electron chi connectivity index (χ3n) is 6.53. The number of benzene rings is 2. The fourth-order valence-corrected chi connectivity index (χ4v) is 4.33. The fraction of sp³-hybridized carbons (Fsp3) is 0.385. The van der Waals surface area contributed by atoms with Crippen LogP contribution in [0.2, 0.25) is 0 Å². The SMILES string of the molecule is CC[C@H](C)N1CCC(=O)N(CC(=O)N2N=C(c3ccccc3)C[C@H]2c2ccc(OC)cc2)C1=O. The van der Waals surface area contributed by atoms with E-state index in [0.29, 0.717) is 13.0 Å². The Kier molecular flexibility index (Phi) is 6.95. The normalized spacial score (nSPS) is 19.3. The van der Waals surface area contributed by atoms with Gasteiger partial charge in [-0.15, -0.1) is 0 Å². The number of hydrazone groups is 1. The predicted molar refractivity (Wildman–Crippen MR) is 128 cm³/mol. The summed E-state index contributed by atoms with van der Waals surface area (Å²) in [4.78, 5) is 41.8. The van der Waals surface area contributed by atoms with Crippen LogP contribution in [-0.4, -0.2) is 64.6 Å². The number of rotatable bonds is 7. The molecular formula is C26H30N4O4. The molecule has 178 valence electrons. The molecule has 0 spiro atoms. The highest BCUT2D eigenvalue weighted by molar-refractivity contribution is 6.04. The van der Waals surface area contributed by atoms with Gasteiger partial charge in [0.05, 0.1) is 18.9 Å². The molecule has 8 heteroatoms. The van der Waals surface area contributed by atoms with Crippen molar-refractivity contribution < 1.29 is 19.1 Å². The molecule has 1 fully saturated rings. The van der Waals surface area contributed by atoms with E-state index in [1.807, 2.05) is 68.4 Å². The molecule has 0 saturated carbocycles. The first-order chi connectivity index (χ1) is 16.4. The molecule has 4 amide bonds. The molecule has 0 bridgehead atoms. The first kappa shape index (κ1) is 23.5. The van der Waals surface area contributed by atoms with Crippen LogP contribution in [0.4, 0.5) is 4.79 Å². The van der Waals surface area contributed by atoms with Crippen molar-refractivity contribution in [3.63, 3.8) is 0 Å². The molecule has 2 heterocycles. The molecule has 0 aliphatic carbocycles. The Morgan fingerprint density at radius 2 is 1.82 bits per heavy atom. The third-order valence-corrected chi connectivity index (χ3v) is 6.53. The first-order valence-corrected chi connectivity index (χ1v) is 11.6. The minimum atomic E-state index is -0.411. The number of hydrogen-bond donors (Lipinski definition) is 0. The molecule has 8 nitrogen and oxygen atoms in total. The number of nitrogens with zero attached hydrogens (tertiary/aromatic N) is 4. The Hall–Kier alpha value is -3.68. The van der Waals surface area contributed by atoms with Gasteiger partial charge in [0.25, 0.3) is 5.91 Å². The minimum absolute atomic E-state index is 0.000240. The van der Waals surface area contributed by atoms with Crippen molar-refractivity contribution in [1.82, 2.24) is 14.8 Å². The second kappa shape index (κ2) is 10.1. The maximum absolute atomic E-state index is 13.5. The van der Waals surface area contributed by atoms with E-state index in [2.05, 4.69) is 5.10 Å². The average Bonchev–Trinajstić information content (AvgIpc) is 3.32. The van der Waals surface area contributed by atoms with E-state index in [4.69, 9.17) is 4.74 Å². The van der Waals surface area contributed by atoms with Crippen molar-refractivity contribution in [1.29, 1.82) is 0 Å². The largest absolute Gasteiger partial charge is 0.497 e. The van der Waals surface area contributed by atoms with E-state index in [1.54, 1.807) is 12.0 Å². The van der Waals surface area contributed by atoms with E-state index in [9.17, 15) is 14.4 Å². The summed E-state index contributed by atoms with van der Waals surface area (Å²) in [7, 11) is 1.60. The average molecular weight is 463 g/mol. The Morgan fingerprint density at radius 1 is 1.12 bits per heavy atom. The lowest BCUT2D eigenvalue weighted by atomic mass is 9.98. The summed E-state index contributed by atoms with van der Waals surface area (Å²) in [5.41, 5.74) is 2.62. The Morgan fingerprint density at radius 3 is 2.47 bits per heavy atom. The summed E-state index contributed by atoms with van der Waals surface area (Å²) in [5.74, 6) is 0.00304. The number of methoxy groups -OCH3 is 1. The maximum atomic E-state index is 13.5. The van der Waals surface area contributed by atoms with Gasteiger partial charge < -0.3 is 9.64 Å². The summed E-state index contributed by atoms with van der Waals surface area (Å²) in [6, 6.07) is 16.5. The van der Waals surface area contributed by atoms with E-state index in [-0.39, 0.29) is 36.9 Å². The highest BCUT2D eigenvalue weighted by Crippen LogP contribution is 2.34. The van der Waals surface area contributed by atoms with E-state index in [0.717, 1.165) is 33.9 Å². The second-order valence-electron chi connectivity index (χ2n) is 8.61. The van der Waals surface area contributed by atoms with Gasteiger partial charge in [-0.3, -0.25) is 14.5 Å². The van der Waals surface area contributed by atoms with Gasteiger partial charge in [-0.25, -0.2) is 9.80 Å². The Bertz CT molecular complexity index is 1080. The maximum Gasteiger partial charge on any atom is 0.327 e. The van der Waals surface area contributed by atoms with Gasteiger partial charge in [0.1, 0.15) is 12.3 Å². The molecule has 0 N–H and O–H groups in total. The lowest BCUT2D eigenvalue weighted by Gasteiger charge is -2.37.